The molecule has 3 rings (SSSR count). The third kappa shape index (κ3) is 4.59. The fourth-order valence-corrected chi connectivity index (χ4v) is 4.50. The fraction of sp³-hybridized carbons (Fsp3) is 0.444. The van der Waals surface area contributed by atoms with Crippen LogP contribution in [0.3, 0.4) is 0 Å². The van der Waals surface area contributed by atoms with Crippen LogP contribution in [0.2, 0.25) is 0 Å². The summed E-state index contributed by atoms with van der Waals surface area (Å²) < 4.78 is 5.67. The van der Waals surface area contributed by atoms with Gasteiger partial charge in [0.1, 0.15) is 16.1 Å². The van der Waals surface area contributed by atoms with Crippen molar-refractivity contribution in [3.63, 3.8) is 0 Å². The first-order valence-corrected chi connectivity index (χ1v) is 10.0. The topological polar surface area (TPSA) is 91.1 Å². The molecule has 0 radical (unpaired) electrons. The van der Waals surface area contributed by atoms with Crippen LogP contribution in [0.1, 0.15) is 37.9 Å². The van der Waals surface area contributed by atoms with Crippen LogP contribution in [0.4, 0.5) is 0 Å². The van der Waals surface area contributed by atoms with E-state index in [-0.39, 0.29) is 18.2 Å². The van der Waals surface area contributed by atoms with E-state index < -0.39 is 12.0 Å². The molecule has 1 aromatic rings. The van der Waals surface area contributed by atoms with Gasteiger partial charge < -0.3 is 14.4 Å². The second kappa shape index (κ2) is 8.71. The smallest absolute Gasteiger partial charge is 0.326 e. The summed E-state index contributed by atoms with van der Waals surface area (Å²) in [7, 11) is 0. The summed E-state index contributed by atoms with van der Waals surface area (Å²) in [5.74, 6) is -0.757. The van der Waals surface area contributed by atoms with E-state index in [9.17, 15) is 19.5 Å². The lowest BCUT2D eigenvalue weighted by Gasteiger charge is -2.33. The van der Waals surface area contributed by atoms with Gasteiger partial charge in [0, 0.05) is 25.6 Å². The molecule has 0 aliphatic carbocycles. The Morgan fingerprint density at radius 1 is 1.41 bits per heavy atom. The van der Waals surface area contributed by atoms with E-state index in [0.717, 1.165) is 12.8 Å². The normalized spacial score (nSPS) is 21.9. The number of rotatable bonds is 6. The first-order chi connectivity index (χ1) is 13.0. The van der Waals surface area contributed by atoms with Crippen molar-refractivity contribution in [2.45, 2.75) is 38.1 Å². The number of hydrogen-bond acceptors (Lipinski definition) is 6. The summed E-state index contributed by atoms with van der Waals surface area (Å²) in [5, 5.41) is 9.28. The predicted octanol–water partition coefficient (Wildman–Crippen LogP) is 2.73. The molecule has 1 aromatic heterocycles. The van der Waals surface area contributed by atoms with Crippen molar-refractivity contribution in [1.29, 1.82) is 0 Å². The molecule has 7 nitrogen and oxygen atoms in total. The predicted molar refractivity (Wildman–Crippen MR) is 105 cm³/mol. The third-order valence-electron chi connectivity index (χ3n) is 4.57. The zero-order chi connectivity index (χ0) is 19.4. The number of carboxylic acid groups (broad SMARTS) is 1. The maximum atomic E-state index is 12.5. The highest BCUT2D eigenvalue weighted by atomic mass is 32.2. The van der Waals surface area contributed by atoms with Gasteiger partial charge in [0.05, 0.1) is 11.2 Å². The van der Waals surface area contributed by atoms with Crippen molar-refractivity contribution in [3.05, 3.63) is 29.1 Å². The highest BCUT2D eigenvalue weighted by Crippen LogP contribution is 2.32. The van der Waals surface area contributed by atoms with Crippen LogP contribution in [0.15, 0.2) is 27.7 Å². The molecule has 0 bridgehead atoms. The van der Waals surface area contributed by atoms with E-state index in [4.69, 9.17) is 16.6 Å². The largest absolute Gasteiger partial charge is 0.480 e. The van der Waals surface area contributed by atoms with E-state index in [0.29, 0.717) is 40.9 Å². The Morgan fingerprint density at radius 2 is 2.22 bits per heavy atom. The van der Waals surface area contributed by atoms with Crippen LogP contribution in [-0.4, -0.2) is 56.1 Å². The summed E-state index contributed by atoms with van der Waals surface area (Å²) in [6, 6.07) is 2.76. The fourth-order valence-electron chi connectivity index (χ4n) is 3.21. The van der Waals surface area contributed by atoms with Gasteiger partial charge in [0.15, 0.2) is 0 Å². The number of thiocarbonyl (C=S) groups is 1. The highest BCUT2D eigenvalue weighted by Gasteiger charge is 2.34. The summed E-state index contributed by atoms with van der Waals surface area (Å²) >= 11 is 6.48. The molecule has 0 saturated carbocycles. The zero-order valence-corrected chi connectivity index (χ0v) is 16.3. The molecule has 27 heavy (non-hydrogen) atoms. The third-order valence-corrected chi connectivity index (χ3v) is 5.95. The molecule has 2 saturated heterocycles. The van der Waals surface area contributed by atoms with E-state index in [1.165, 1.54) is 27.8 Å². The van der Waals surface area contributed by atoms with E-state index >= 15 is 0 Å². The Hall–Kier alpha value is -2.13. The maximum absolute atomic E-state index is 12.5. The number of piperidine rings is 1. The number of aliphatic carboxylic acids is 1. The van der Waals surface area contributed by atoms with Gasteiger partial charge in [-0.3, -0.25) is 14.5 Å². The number of likely N-dealkylation sites (tertiary alicyclic amines) is 1. The van der Waals surface area contributed by atoms with Crippen molar-refractivity contribution >= 4 is 52.2 Å². The van der Waals surface area contributed by atoms with Gasteiger partial charge in [-0.25, -0.2) is 4.79 Å². The molecule has 2 aliphatic rings. The maximum Gasteiger partial charge on any atom is 0.326 e. The molecule has 1 unspecified atom stereocenters. The molecular weight excluding hydrogens is 388 g/mol. The first kappa shape index (κ1) is 19.6. The van der Waals surface area contributed by atoms with Crippen molar-refractivity contribution in [3.8, 4) is 0 Å². The average molecular weight is 409 g/mol. The molecule has 1 N–H and O–H groups in total. The number of carbonyl (C=O) groups is 3. The van der Waals surface area contributed by atoms with Gasteiger partial charge in [-0.05, 0) is 37.8 Å². The van der Waals surface area contributed by atoms with Crippen LogP contribution >= 0.6 is 24.0 Å². The summed E-state index contributed by atoms with van der Waals surface area (Å²) in [5.41, 5.74) is 0. The van der Waals surface area contributed by atoms with Crippen molar-refractivity contribution in [2.24, 2.45) is 0 Å². The average Bonchev–Trinajstić information content (AvgIpc) is 3.25. The molecule has 144 valence electrons. The number of carboxylic acids is 1. The van der Waals surface area contributed by atoms with Gasteiger partial charge >= 0.3 is 5.97 Å². The quantitative estimate of drug-likeness (QED) is 0.572. The molecule has 9 heteroatoms. The second-order valence-corrected chi connectivity index (χ2v) is 8.07. The number of nitrogens with zero attached hydrogens (tertiary/aromatic N) is 2. The molecule has 3 heterocycles. The molecule has 2 amide bonds. The SMILES string of the molecule is O=C(O)C1CCCCN1C(=O)CCCN1C(=O)C(=Cc2ccco2)SC1=S. The Labute approximate surface area is 166 Å². The number of thioether (sulfide) groups is 1. The van der Waals surface area contributed by atoms with Crippen LogP contribution in [0, 0.1) is 0 Å². The number of hydrogen-bond donors (Lipinski definition) is 1. The standard InChI is InChI=1S/C18H20N2O5S2/c21-15(19-8-2-1-6-13(19)17(23)24)7-3-9-20-16(22)14(27-18(20)26)11-12-5-4-10-25-12/h4-5,10-11,13H,1-3,6-9H2,(H,23,24). The lowest BCUT2D eigenvalue weighted by Crippen LogP contribution is -2.48. The van der Waals surface area contributed by atoms with Gasteiger partial charge in [-0.2, -0.15) is 0 Å². The summed E-state index contributed by atoms with van der Waals surface area (Å²) in [6.07, 6.45) is 5.94. The molecule has 0 spiro atoms. The summed E-state index contributed by atoms with van der Waals surface area (Å²) in [6.45, 7) is 0.806. The van der Waals surface area contributed by atoms with Crippen LogP contribution in [-0.2, 0) is 14.4 Å². The van der Waals surface area contributed by atoms with E-state index in [1.807, 2.05) is 0 Å². The van der Waals surface area contributed by atoms with Crippen molar-refractivity contribution < 1.29 is 23.9 Å². The Kier molecular flexibility index (Phi) is 6.33. The molecule has 2 aliphatic heterocycles. The van der Waals surface area contributed by atoms with Gasteiger partial charge in [-0.1, -0.05) is 24.0 Å². The molecular formula is C18H20N2O5S2. The molecule has 2 fully saturated rings. The van der Waals surface area contributed by atoms with E-state index in [1.54, 1.807) is 18.2 Å². The van der Waals surface area contributed by atoms with Gasteiger partial charge in [0.2, 0.25) is 5.91 Å². The second-order valence-electron chi connectivity index (χ2n) is 6.39. The van der Waals surface area contributed by atoms with Crippen LogP contribution < -0.4 is 0 Å². The Balaban J connectivity index is 1.54. The lowest BCUT2D eigenvalue weighted by molar-refractivity contribution is -0.152. The Bertz CT molecular complexity index is 775. The zero-order valence-electron chi connectivity index (χ0n) is 14.6. The minimum absolute atomic E-state index is 0.182. The molecule has 0 aromatic carbocycles. The van der Waals surface area contributed by atoms with Crippen LogP contribution in [0.5, 0.6) is 0 Å². The lowest BCUT2D eigenvalue weighted by atomic mass is 10.0. The first-order valence-electron chi connectivity index (χ1n) is 8.78. The van der Waals surface area contributed by atoms with Crippen molar-refractivity contribution in [1.82, 2.24) is 9.80 Å². The monoisotopic (exact) mass is 408 g/mol. The van der Waals surface area contributed by atoms with E-state index in [2.05, 4.69) is 0 Å². The van der Waals surface area contributed by atoms with Crippen LogP contribution in [0.25, 0.3) is 6.08 Å². The van der Waals surface area contributed by atoms with Crippen molar-refractivity contribution in [2.75, 3.05) is 13.1 Å². The Morgan fingerprint density at radius 3 is 2.93 bits per heavy atom. The minimum atomic E-state index is -0.956. The number of carbonyl (C=O) groups excluding carboxylic acids is 2. The van der Waals surface area contributed by atoms with Gasteiger partial charge in [-0.15, -0.1) is 0 Å². The summed E-state index contributed by atoms with van der Waals surface area (Å²) in [4.78, 5) is 39.7. The minimum Gasteiger partial charge on any atom is -0.480 e. The number of amides is 2. The molecule has 1 atom stereocenters. The van der Waals surface area contributed by atoms with Gasteiger partial charge in [0.25, 0.3) is 5.91 Å². The number of furan rings is 1. The highest BCUT2D eigenvalue weighted by molar-refractivity contribution is 8.26.